The number of hydrogen-bond acceptors (Lipinski definition) is 3. The second kappa shape index (κ2) is 23.7. The van der Waals surface area contributed by atoms with Crippen molar-refractivity contribution in [1.82, 2.24) is 0 Å². The number of carboxylic acids is 1. The van der Waals surface area contributed by atoms with Crippen molar-refractivity contribution >= 4 is 5.97 Å². The Bertz CT molecular complexity index is 338. The second-order valence-corrected chi connectivity index (χ2v) is 6.51. The normalized spacial score (nSPS) is 11.0. The van der Waals surface area contributed by atoms with Gasteiger partial charge in [-0.05, 0) is 38.6 Å². The number of aliphatic carboxylic acids is 1. The maximum absolute atomic E-state index is 10.5. The van der Waals surface area contributed by atoms with Crippen LogP contribution in [0.15, 0.2) is 12.2 Å². The SMILES string of the molecule is CCCCCCCC/C=C\CCCCCCCCN.O=C([O-])C(F)(F)F.[Ag+]. The molecule has 0 atom stereocenters. The van der Waals surface area contributed by atoms with Crippen LogP contribution in [0.25, 0.3) is 0 Å². The van der Waals surface area contributed by atoms with E-state index in [1.165, 1.54) is 89.9 Å². The third-order valence-electron chi connectivity index (χ3n) is 3.95. The molecule has 27 heavy (non-hydrogen) atoms. The molecule has 0 rings (SSSR count). The van der Waals surface area contributed by atoms with Crippen LogP contribution in [0.2, 0.25) is 0 Å². The molecule has 0 aliphatic heterocycles. The standard InChI is InChI=1S/C18H37N.C2HF3O2.Ag/c1-2-3-4-5-6-7-8-9-10-11-12-13-14-15-16-17-18-19;3-2(4,5)1(6)7;/h9-10H,2-8,11-19H2,1H3;(H,6,7);/q;;+1/p-1/b10-9-;;. The number of allylic oxidation sites excluding steroid dienone is 2. The van der Waals surface area contributed by atoms with Gasteiger partial charge < -0.3 is 15.6 Å². The van der Waals surface area contributed by atoms with Gasteiger partial charge in [0, 0.05) is 0 Å². The molecule has 3 nitrogen and oxygen atoms in total. The molecular formula is C20H37AgF3NO2. The van der Waals surface area contributed by atoms with Crippen molar-refractivity contribution in [1.29, 1.82) is 0 Å². The topological polar surface area (TPSA) is 66.2 Å². The Balaban J connectivity index is -0.000000612. The Hall–Kier alpha value is -0.300. The third kappa shape index (κ3) is 30.7. The molecule has 0 aliphatic rings. The molecule has 0 saturated heterocycles. The monoisotopic (exact) mass is 487 g/mol. The van der Waals surface area contributed by atoms with Crippen molar-refractivity contribution in [3.05, 3.63) is 12.2 Å². The zero-order chi connectivity index (χ0) is 20.1. The predicted octanol–water partition coefficient (Wildman–Crippen LogP) is 5.28. The minimum Gasteiger partial charge on any atom is -0.542 e. The maximum atomic E-state index is 10.5. The molecule has 0 fully saturated rings. The first-order valence-electron chi connectivity index (χ1n) is 9.99. The fraction of sp³-hybridized carbons (Fsp3) is 0.850. The average Bonchev–Trinajstić information content (AvgIpc) is 2.58. The van der Waals surface area contributed by atoms with E-state index in [-0.39, 0.29) is 22.4 Å². The molecule has 0 heterocycles. The number of unbranched alkanes of at least 4 members (excludes halogenated alkanes) is 12. The van der Waals surface area contributed by atoms with Gasteiger partial charge in [0.25, 0.3) is 0 Å². The molecular weight excluding hydrogens is 451 g/mol. The van der Waals surface area contributed by atoms with Crippen LogP contribution in [0.1, 0.15) is 96.8 Å². The largest absolute Gasteiger partial charge is 1.00 e. The number of alkyl halides is 3. The predicted molar refractivity (Wildman–Crippen MR) is 99.6 cm³/mol. The van der Waals surface area contributed by atoms with E-state index in [0.717, 1.165) is 6.54 Å². The van der Waals surface area contributed by atoms with Gasteiger partial charge in [-0.3, -0.25) is 0 Å². The molecule has 0 aromatic carbocycles. The second-order valence-electron chi connectivity index (χ2n) is 6.51. The summed E-state index contributed by atoms with van der Waals surface area (Å²) >= 11 is 0. The molecule has 0 unspecified atom stereocenters. The summed E-state index contributed by atoms with van der Waals surface area (Å²) in [5.41, 5.74) is 5.47. The van der Waals surface area contributed by atoms with E-state index in [1.54, 1.807) is 0 Å². The smallest absolute Gasteiger partial charge is 0.542 e. The van der Waals surface area contributed by atoms with Crippen LogP contribution >= 0.6 is 0 Å². The molecule has 2 N–H and O–H groups in total. The van der Waals surface area contributed by atoms with E-state index >= 15 is 0 Å². The summed E-state index contributed by atoms with van der Waals surface area (Å²) in [7, 11) is 0. The number of rotatable bonds is 15. The van der Waals surface area contributed by atoms with Crippen molar-refractivity contribution in [3.8, 4) is 0 Å². The van der Waals surface area contributed by atoms with Crippen LogP contribution in [0, 0.1) is 0 Å². The summed E-state index contributed by atoms with van der Waals surface area (Å²) in [4.78, 5) is 8.78. The van der Waals surface area contributed by atoms with Crippen LogP contribution in [0.3, 0.4) is 0 Å². The van der Waals surface area contributed by atoms with Crippen molar-refractivity contribution in [2.75, 3.05) is 6.54 Å². The van der Waals surface area contributed by atoms with Gasteiger partial charge in [0.2, 0.25) is 0 Å². The molecule has 0 aliphatic carbocycles. The van der Waals surface area contributed by atoms with Crippen molar-refractivity contribution in [2.24, 2.45) is 5.73 Å². The summed E-state index contributed by atoms with van der Waals surface area (Å²) in [5.74, 6) is -3.01. The minimum absolute atomic E-state index is 0. The van der Waals surface area contributed by atoms with Crippen LogP contribution in [0.5, 0.6) is 0 Å². The number of carboxylic acid groups (broad SMARTS) is 1. The van der Waals surface area contributed by atoms with Gasteiger partial charge in [-0.2, -0.15) is 13.2 Å². The van der Waals surface area contributed by atoms with E-state index < -0.39 is 12.1 Å². The quantitative estimate of drug-likeness (QED) is 0.194. The molecule has 7 heteroatoms. The van der Waals surface area contributed by atoms with E-state index in [9.17, 15) is 13.2 Å². The first-order valence-corrected chi connectivity index (χ1v) is 9.99. The van der Waals surface area contributed by atoms with Gasteiger partial charge in [-0.25, -0.2) is 0 Å². The Kier molecular flexibility index (Phi) is 27.6. The van der Waals surface area contributed by atoms with E-state index in [4.69, 9.17) is 15.6 Å². The molecule has 0 amide bonds. The summed E-state index contributed by atoms with van der Waals surface area (Å²) in [6, 6.07) is 0. The van der Waals surface area contributed by atoms with Gasteiger partial charge in [0.05, 0.1) is 0 Å². The Labute approximate surface area is 178 Å². The van der Waals surface area contributed by atoms with Crippen LogP contribution < -0.4 is 10.8 Å². The van der Waals surface area contributed by atoms with Gasteiger partial charge >= 0.3 is 28.6 Å². The molecule has 0 spiro atoms. The summed E-state index contributed by atoms with van der Waals surface area (Å²) < 4.78 is 31.5. The average molecular weight is 488 g/mol. The van der Waals surface area contributed by atoms with Crippen LogP contribution in [-0.4, -0.2) is 18.7 Å². The van der Waals surface area contributed by atoms with Crippen LogP contribution in [0.4, 0.5) is 13.2 Å². The minimum atomic E-state index is -5.19. The fourth-order valence-electron chi connectivity index (χ4n) is 2.39. The van der Waals surface area contributed by atoms with Gasteiger partial charge in [-0.1, -0.05) is 76.9 Å². The Morgan fingerprint density at radius 1 is 0.815 bits per heavy atom. The third-order valence-corrected chi connectivity index (χ3v) is 3.95. The Morgan fingerprint density at radius 3 is 1.48 bits per heavy atom. The van der Waals surface area contributed by atoms with Crippen molar-refractivity contribution < 1.29 is 45.5 Å². The summed E-state index contributed by atoms with van der Waals surface area (Å²) in [6.07, 6.45) is 18.7. The number of carbonyl (C=O) groups excluding carboxylic acids is 1. The number of nitrogens with two attached hydrogens (primary N) is 1. The molecule has 0 aromatic rings. The fourth-order valence-corrected chi connectivity index (χ4v) is 2.39. The summed E-state index contributed by atoms with van der Waals surface area (Å²) in [6.45, 7) is 3.14. The molecule has 0 radical (unpaired) electrons. The zero-order valence-electron chi connectivity index (χ0n) is 16.6. The van der Waals surface area contributed by atoms with Gasteiger partial charge in [0.1, 0.15) is 5.97 Å². The Morgan fingerprint density at radius 2 is 1.15 bits per heavy atom. The van der Waals surface area contributed by atoms with E-state index in [2.05, 4.69) is 19.1 Å². The van der Waals surface area contributed by atoms with Gasteiger partial charge in [0.15, 0.2) is 0 Å². The maximum Gasteiger partial charge on any atom is 1.00 e. The van der Waals surface area contributed by atoms with E-state index in [1.807, 2.05) is 0 Å². The first-order chi connectivity index (χ1) is 12.4. The molecule has 0 bridgehead atoms. The van der Waals surface area contributed by atoms with Gasteiger partial charge in [-0.15, -0.1) is 0 Å². The first kappa shape index (κ1) is 31.4. The van der Waals surface area contributed by atoms with Crippen molar-refractivity contribution in [3.63, 3.8) is 0 Å². The number of carbonyl (C=O) groups is 1. The number of halogens is 3. The molecule has 0 saturated carbocycles. The van der Waals surface area contributed by atoms with E-state index in [0.29, 0.717) is 0 Å². The van der Waals surface area contributed by atoms with Crippen LogP contribution in [-0.2, 0) is 27.2 Å². The van der Waals surface area contributed by atoms with Crippen molar-refractivity contribution in [2.45, 2.75) is 103 Å². The molecule has 0 aromatic heterocycles. The zero-order valence-corrected chi connectivity index (χ0v) is 18.1. The molecule has 166 valence electrons. The summed E-state index contributed by atoms with van der Waals surface area (Å²) in [5, 5.41) is 8.78. The number of hydrogen-bond donors (Lipinski definition) is 1.